The van der Waals surface area contributed by atoms with E-state index in [4.69, 9.17) is 9.47 Å². The van der Waals surface area contributed by atoms with Crippen LogP contribution >= 0.6 is 0 Å². The minimum Gasteiger partial charge on any atom is -0.503 e. The van der Waals surface area contributed by atoms with Crippen LogP contribution in [0.4, 0.5) is 0 Å². The van der Waals surface area contributed by atoms with Crippen molar-refractivity contribution in [2.45, 2.75) is 50.6 Å². The predicted octanol–water partition coefficient (Wildman–Crippen LogP) is 4.54. The summed E-state index contributed by atoms with van der Waals surface area (Å²) in [6.07, 6.45) is 4.57. The molecule has 0 bridgehead atoms. The third kappa shape index (κ3) is 4.09. The van der Waals surface area contributed by atoms with Crippen LogP contribution in [0.25, 0.3) is 0 Å². The first-order chi connectivity index (χ1) is 15.5. The summed E-state index contributed by atoms with van der Waals surface area (Å²) in [5, 5.41) is 10.8. The number of ketones is 1. The van der Waals surface area contributed by atoms with Gasteiger partial charge in [-0.1, -0.05) is 49.2 Å². The monoisotopic (exact) mass is 435 g/mol. The zero-order chi connectivity index (χ0) is 22.7. The van der Waals surface area contributed by atoms with Gasteiger partial charge in [0.2, 0.25) is 0 Å². The molecule has 0 spiro atoms. The lowest BCUT2D eigenvalue weighted by atomic mass is 9.92. The quantitative estimate of drug-likeness (QED) is 0.659. The maximum atomic E-state index is 13.3. The van der Waals surface area contributed by atoms with Crippen molar-refractivity contribution in [1.29, 1.82) is 0 Å². The van der Waals surface area contributed by atoms with E-state index in [0.29, 0.717) is 17.9 Å². The molecule has 2 aromatic rings. The van der Waals surface area contributed by atoms with Gasteiger partial charge in [-0.3, -0.25) is 9.59 Å². The standard InChI is InChI=1S/C26H29NO5/c1-31-21-15-13-18(16-22(21)32-2)24-23(20(28)14-12-17-8-4-3-5-9-17)25(29)26(30)27(24)19-10-6-7-11-19/h3-5,8-9,13,15-16,19,24,29H,6-7,10-12,14H2,1-2H3. The van der Waals surface area contributed by atoms with E-state index in [2.05, 4.69) is 0 Å². The first-order valence-corrected chi connectivity index (χ1v) is 11.1. The Morgan fingerprint density at radius 2 is 1.72 bits per heavy atom. The van der Waals surface area contributed by atoms with Gasteiger partial charge in [0.25, 0.3) is 5.91 Å². The minimum absolute atomic E-state index is 0.00201. The van der Waals surface area contributed by atoms with E-state index in [1.165, 1.54) is 0 Å². The summed E-state index contributed by atoms with van der Waals surface area (Å²) in [6.45, 7) is 0. The van der Waals surface area contributed by atoms with Crippen molar-refractivity contribution in [2.75, 3.05) is 14.2 Å². The van der Waals surface area contributed by atoms with Crippen LogP contribution in [0.3, 0.4) is 0 Å². The van der Waals surface area contributed by atoms with Crippen molar-refractivity contribution in [2.24, 2.45) is 0 Å². The van der Waals surface area contributed by atoms with Crippen LogP contribution in [0, 0.1) is 0 Å². The number of nitrogens with zero attached hydrogens (tertiary/aromatic N) is 1. The maximum Gasteiger partial charge on any atom is 0.290 e. The fourth-order valence-corrected chi connectivity index (χ4v) is 4.85. The second-order valence-electron chi connectivity index (χ2n) is 8.34. The first-order valence-electron chi connectivity index (χ1n) is 11.1. The van der Waals surface area contributed by atoms with Gasteiger partial charge in [0.15, 0.2) is 23.0 Å². The van der Waals surface area contributed by atoms with Gasteiger partial charge in [-0.05, 0) is 42.5 Å². The molecule has 2 aliphatic rings. The largest absolute Gasteiger partial charge is 0.503 e. The summed E-state index contributed by atoms with van der Waals surface area (Å²) in [6, 6.07) is 14.5. The topological polar surface area (TPSA) is 76.1 Å². The Morgan fingerprint density at radius 1 is 1.03 bits per heavy atom. The van der Waals surface area contributed by atoms with E-state index in [9.17, 15) is 14.7 Å². The number of benzene rings is 2. The first kappa shape index (κ1) is 21.9. The molecule has 1 heterocycles. The summed E-state index contributed by atoms with van der Waals surface area (Å²) in [4.78, 5) is 28.2. The highest BCUT2D eigenvalue weighted by Gasteiger charge is 2.46. The van der Waals surface area contributed by atoms with Crippen LogP contribution in [0.1, 0.15) is 49.3 Å². The fourth-order valence-electron chi connectivity index (χ4n) is 4.85. The lowest BCUT2D eigenvalue weighted by molar-refractivity contribution is -0.131. The van der Waals surface area contributed by atoms with Gasteiger partial charge in [0.1, 0.15) is 0 Å². The molecule has 1 aliphatic heterocycles. The molecule has 1 unspecified atom stereocenters. The molecule has 1 fully saturated rings. The predicted molar refractivity (Wildman–Crippen MR) is 121 cm³/mol. The van der Waals surface area contributed by atoms with E-state index in [1.54, 1.807) is 31.3 Å². The molecule has 1 saturated carbocycles. The number of methoxy groups -OCH3 is 2. The normalized spacial score (nSPS) is 19.0. The van der Waals surface area contributed by atoms with E-state index in [1.807, 2.05) is 36.4 Å². The number of amides is 1. The summed E-state index contributed by atoms with van der Waals surface area (Å²) in [5.74, 6) is -0.00100. The Kier molecular flexibility index (Phi) is 6.49. The van der Waals surface area contributed by atoms with Gasteiger partial charge < -0.3 is 19.5 Å². The van der Waals surface area contributed by atoms with Crippen molar-refractivity contribution in [1.82, 2.24) is 4.90 Å². The second-order valence-corrected chi connectivity index (χ2v) is 8.34. The van der Waals surface area contributed by atoms with Gasteiger partial charge in [0, 0.05) is 12.5 Å². The number of hydrogen-bond donors (Lipinski definition) is 1. The molecule has 32 heavy (non-hydrogen) atoms. The molecule has 1 N–H and O–H groups in total. The molecule has 0 aromatic heterocycles. The molecule has 1 atom stereocenters. The van der Waals surface area contributed by atoms with Gasteiger partial charge in [-0.15, -0.1) is 0 Å². The lowest BCUT2D eigenvalue weighted by Crippen LogP contribution is -2.38. The molecule has 4 rings (SSSR count). The molecule has 2 aromatic carbocycles. The van der Waals surface area contributed by atoms with Crippen LogP contribution in [-0.4, -0.2) is 42.0 Å². The van der Waals surface area contributed by atoms with E-state index in [0.717, 1.165) is 36.8 Å². The number of aliphatic hydroxyl groups excluding tert-OH is 1. The zero-order valence-electron chi connectivity index (χ0n) is 18.5. The Hall–Kier alpha value is -3.28. The number of Topliss-reactive ketones (excluding diaryl/α,β-unsaturated/α-hetero) is 1. The molecule has 168 valence electrons. The molecule has 0 radical (unpaired) electrons. The highest BCUT2D eigenvalue weighted by molar-refractivity contribution is 6.09. The molecule has 6 nitrogen and oxygen atoms in total. The lowest BCUT2D eigenvalue weighted by Gasteiger charge is -2.32. The van der Waals surface area contributed by atoms with Gasteiger partial charge in [0.05, 0.1) is 25.8 Å². The number of carbonyl (C=O) groups excluding carboxylic acids is 2. The summed E-state index contributed by atoms with van der Waals surface area (Å²) in [5.41, 5.74) is 1.96. The summed E-state index contributed by atoms with van der Waals surface area (Å²) >= 11 is 0. The SMILES string of the molecule is COc1ccc(C2C(C(=O)CCc3ccccc3)=C(O)C(=O)N2C2CCCC2)cc1OC. The summed E-state index contributed by atoms with van der Waals surface area (Å²) in [7, 11) is 3.11. The Labute approximate surface area is 188 Å². The van der Waals surface area contributed by atoms with Crippen molar-refractivity contribution < 1.29 is 24.2 Å². The van der Waals surface area contributed by atoms with Gasteiger partial charge in [-0.25, -0.2) is 0 Å². The molecule has 1 amide bonds. The molecule has 1 aliphatic carbocycles. The average molecular weight is 436 g/mol. The molecular formula is C26H29NO5. The third-order valence-corrected chi connectivity index (χ3v) is 6.47. The number of hydrogen-bond acceptors (Lipinski definition) is 5. The Morgan fingerprint density at radius 3 is 2.38 bits per heavy atom. The van der Waals surface area contributed by atoms with Crippen molar-refractivity contribution >= 4 is 11.7 Å². The van der Waals surface area contributed by atoms with Crippen molar-refractivity contribution in [3.05, 3.63) is 71.0 Å². The van der Waals surface area contributed by atoms with Crippen LogP contribution in [0.2, 0.25) is 0 Å². The maximum absolute atomic E-state index is 13.3. The highest BCUT2D eigenvalue weighted by Crippen LogP contribution is 2.44. The highest BCUT2D eigenvalue weighted by atomic mass is 16.5. The number of aliphatic hydroxyl groups is 1. The summed E-state index contributed by atoms with van der Waals surface area (Å²) < 4.78 is 10.8. The second kappa shape index (κ2) is 9.47. The van der Waals surface area contributed by atoms with Crippen LogP contribution in [-0.2, 0) is 16.0 Å². The van der Waals surface area contributed by atoms with Gasteiger partial charge in [-0.2, -0.15) is 0 Å². The Bertz CT molecular complexity index is 1020. The number of ether oxygens (including phenoxy) is 2. The average Bonchev–Trinajstić information content (AvgIpc) is 3.44. The molecule has 0 saturated heterocycles. The van der Waals surface area contributed by atoms with Crippen molar-refractivity contribution in [3.63, 3.8) is 0 Å². The zero-order valence-corrected chi connectivity index (χ0v) is 18.5. The van der Waals surface area contributed by atoms with E-state index < -0.39 is 17.7 Å². The number of aryl methyl sites for hydroxylation is 1. The number of carbonyl (C=O) groups is 2. The fraction of sp³-hybridized carbons (Fsp3) is 0.385. The van der Waals surface area contributed by atoms with Crippen LogP contribution in [0.15, 0.2) is 59.9 Å². The van der Waals surface area contributed by atoms with Crippen LogP contribution < -0.4 is 9.47 Å². The van der Waals surface area contributed by atoms with E-state index in [-0.39, 0.29) is 23.8 Å². The number of rotatable bonds is 8. The minimum atomic E-state index is -0.631. The van der Waals surface area contributed by atoms with Gasteiger partial charge >= 0.3 is 0 Å². The van der Waals surface area contributed by atoms with E-state index >= 15 is 0 Å². The molecule has 6 heteroatoms. The molecular weight excluding hydrogens is 406 g/mol. The smallest absolute Gasteiger partial charge is 0.290 e. The Balaban J connectivity index is 1.70. The van der Waals surface area contributed by atoms with Crippen LogP contribution in [0.5, 0.6) is 11.5 Å². The third-order valence-electron chi connectivity index (χ3n) is 6.47. The van der Waals surface area contributed by atoms with Crippen molar-refractivity contribution in [3.8, 4) is 11.5 Å².